The fourth-order valence-corrected chi connectivity index (χ4v) is 4.40. The molecule has 3 rings (SSSR count). The highest BCUT2D eigenvalue weighted by molar-refractivity contribution is 7.99. The smallest absolute Gasteiger partial charge is 0.0462 e. The number of aliphatic hydroxyl groups is 1. The molecule has 0 saturated carbocycles. The molecule has 0 bridgehead atoms. The molecular weight excluding hydrogens is 300 g/mol. The summed E-state index contributed by atoms with van der Waals surface area (Å²) in [5, 5.41) is 10.5. The van der Waals surface area contributed by atoms with Gasteiger partial charge in [0.2, 0.25) is 0 Å². The van der Waals surface area contributed by atoms with Crippen LogP contribution in [0.5, 0.6) is 0 Å². The van der Waals surface area contributed by atoms with Gasteiger partial charge in [0, 0.05) is 22.3 Å². The monoisotopic (exact) mass is 318 g/mol. The zero-order chi connectivity index (χ0) is 14.7. The molecule has 0 saturated heterocycles. The summed E-state index contributed by atoms with van der Waals surface area (Å²) in [4.78, 5) is 1.41. The van der Waals surface area contributed by atoms with Crippen LogP contribution in [0, 0.1) is 5.92 Å². The molecule has 1 aliphatic heterocycles. The third-order valence-electron chi connectivity index (χ3n) is 4.11. The lowest BCUT2D eigenvalue weighted by Gasteiger charge is -2.19. The van der Waals surface area contributed by atoms with Crippen molar-refractivity contribution in [3.8, 4) is 0 Å². The summed E-state index contributed by atoms with van der Waals surface area (Å²) in [6.45, 7) is 0.242. The second-order valence-corrected chi connectivity index (χ2v) is 7.16. The number of fused-ring (bicyclic) bond motifs is 1. The highest BCUT2D eigenvalue weighted by Crippen LogP contribution is 2.42. The molecular formula is C18H19ClOS. The van der Waals surface area contributed by atoms with Crippen molar-refractivity contribution in [3.63, 3.8) is 0 Å². The van der Waals surface area contributed by atoms with E-state index in [1.54, 1.807) is 0 Å². The predicted octanol–water partition coefficient (Wildman–Crippen LogP) is 4.77. The number of rotatable bonds is 5. The van der Waals surface area contributed by atoms with E-state index in [-0.39, 0.29) is 6.61 Å². The molecule has 2 atom stereocenters. The zero-order valence-corrected chi connectivity index (χ0v) is 13.4. The minimum atomic E-state index is 0.242. The fraction of sp³-hybridized carbons (Fsp3) is 0.333. The van der Waals surface area contributed by atoms with E-state index >= 15 is 0 Å². The Morgan fingerprint density at radius 1 is 1.14 bits per heavy atom. The van der Waals surface area contributed by atoms with Gasteiger partial charge in [-0.1, -0.05) is 41.9 Å². The molecule has 0 fully saturated rings. The molecule has 2 unspecified atom stereocenters. The van der Waals surface area contributed by atoms with Crippen LogP contribution in [0.15, 0.2) is 53.4 Å². The minimum absolute atomic E-state index is 0.242. The van der Waals surface area contributed by atoms with Crippen molar-refractivity contribution in [2.75, 3.05) is 12.4 Å². The molecule has 0 amide bonds. The third-order valence-corrected chi connectivity index (χ3v) is 5.62. The van der Waals surface area contributed by atoms with Crippen molar-refractivity contribution < 1.29 is 5.11 Å². The largest absolute Gasteiger partial charge is 0.396 e. The van der Waals surface area contributed by atoms with Gasteiger partial charge in [-0.3, -0.25) is 0 Å². The average Bonchev–Trinajstić information content (AvgIpc) is 2.92. The van der Waals surface area contributed by atoms with Crippen LogP contribution in [0.3, 0.4) is 0 Å². The molecule has 2 aromatic rings. The Labute approximate surface area is 135 Å². The Balaban J connectivity index is 1.67. The summed E-state index contributed by atoms with van der Waals surface area (Å²) in [6.07, 6.45) is 1.96. The molecule has 1 heterocycles. The first-order chi connectivity index (χ1) is 10.3. The standard InChI is InChI=1S/C18H19ClOS/c19-16-7-5-13(6-8-16)9-14(11-20)10-15-12-21-18-4-2-1-3-17(15)18/h1-8,14-15,20H,9-12H2. The fourth-order valence-electron chi connectivity index (χ4n) is 3.00. The van der Waals surface area contributed by atoms with Crippen molar-refractivity contribution in [1.82, 2.24) is 0 Å². The summed E-state index contributed by atoms with van der Waals surface area (Å²) >= 11 is 7.86. The second kappa shape index (κ2) is 6.87. The second-order valence-electron chi connectivity index (χ2n) is 5.66. The molecule has 110 valence electrons. The van der Waals surface area contributed by atoms with Gasteiger partial charge in [-0.15, -0.1) is 11.8 Å². The zero-order valence-electron chi connectivity index (χ0n) is 11.8. The molecule has 3 heteroatoms. The number of thioether (sulfide) groups is 1. The topological polar surface area (TPSA) is 20.2 Å². The van der Waals surface area contributed by atoms with Gasteiger partial charge >= 0.3 is 0 Å². The first-order valence-corrected chi connectivity index (χ1v) is 8.69. The van der Waals surface area contributed by atoms with Gasteiger partial charge in [0.1, 0.15) is 0 Å². The van der Waals surface area contributed by atoms with Crippen LogP contribution in [-0.4, -0.2) is 17.5 Å². The van der Waals surface area contributed by atoms with Gasteiger partial charge in [0.05, 0.1) is 0 Å². The lowest BCUT2D eigenvalue weighted by molar-refractivity contribution is 0.212. The number of hydrogen-bond donors (Lipinski definition) is 1. The van der Waals surface area contributed by atoms with Gasteiger partial charge in [-0.25, -0.2) is 0 Å². The SMILES string of the molecule is OCC(Cc1ccc(Cl)cc1)CC1CSc2ccccc21. The summed E-state index contributed by atoms with van der Waals surface area (Å²) < 4.78 is 0. The van der Waals surface area contributed by atoms with Gasteiger partial charge in [0.15, 0.2) is 0 Å². The Morgan fingerprint density at radius 2 is 1.90 bits per heavy atom. The summed E-state index contributed by atoms with van der Waals surface area (Å²) in [5.41, 5.74) is 2.70. The molecule has 1 nitrogen and oxygen atoms in total. The molecule has 0 radical (unpaired) electrons. The number of hydrogen-bond acceptors (Lipinski definition) is 2. The van der Waals surface area contributed by atoms with Crippen LogP contribution in [0.2, 0.25) is 5.02 Å². The summed E-state index contributed by atoms with van der Waals surface area (Å²) in [5.74, 6) is 2.01. The highest BCUT2D eigenvalue weighted by Gasteiger charge is 2.25. The Morgan fingerprint density at radius 3 is 2.67 bits per heavy atom. The Hall–Kier alpha value is -0.960. The lowest BCUT2D eigenvalue weighted by Crippen LogP contribution is -2.14. The maximum atomic E-state index is 9.72. The highest BCUT2D eigenvalue weighted by atomic mass is 35.5. The van der Waals surface area contributed by atoms with E-state index in [4.69, 9.17) is 11.6 Å². The van der Waals surface area contributed by atoms with Crippen molar-refractivity contribution in [3.05, 3.63) is 64.7 Å². The first-order valence-electron chi connectivity index (χ1n) is 7.33. The Bertz CT molecular complexity index is 596. The van der Waals surface area contributed by atoms with Crippen LogP contribution in [-0.2, 0) is 6.42 Å². The van der Waals surface area contributed by atoms with Gasteiger partial charge in [-0.2, -0.15) is 0 Å². The normalized spacial score (nSPS) is 18.5. The van der Waals surface area contributed by atoms with E-state index < -0.39 is 0 Å². The van der Waals surface area contributed by atoms with Crippen molar-refractivity contribution in [2.24, 2.45) is 5.92 Å². The van der Waals surface area contributed by atoms with Gasteiger partial charge < -0.3 is 5.11 Å². The first kappa shape index (κ1) is 15.0. The van der Waals surface area contributed by atoms with Crippen molar-refractivity contribution in [2.45, 2.75) is 23.7 Å². The number of benzene rings is 2. The molecule has 1 aliphatic rings. The molecule has 2 aromatic carbocycles. The van der Waals surface area contributed by atoms with E-state index in [0.717, 1.165) is 23.6 Å². The van der Waals surface area contributed by atoms with E-state index in [0.29, 0.717) is 11.8 Å². The van der Waals surface area contributed by atoms with Crippen LogP contribution in [0.25, 0.3) is 0 Å². The molecule has 1 N–H and O–H groups in total. The lowest BCUT2D eigenvalue weighted by atomic mass is 9.87. The molecule has 21 heavy (non-hydrogen) atoms. The molecule has 0 aromatic heterocycles. The van der Waals surface area contributed by atoms with Crippen LogP contribution >= 0.6 is 23.4 Å². The summed E-state index contributed by atoms with van der Waals surface area (Å²) in [6, 6.07) is 16.6. The van der Waals surface area contributed by atoms with Crippen molar-refractivity contribution >= 4 is 23.4 Å². The average molecular weight is 319 g/mol. The maximum absolute atomic E-state index is 9.72. The number of halogens is 1. The van der Waals surface area contributed by atoms with Crippen LogP contribution < -0.4 is 0 Å². The van der Waals surface area contributed by atoms with E-state index in [9.17, 15) is 5.11 Å². The van der Waals surface area contributed by atoms with E-state index in [2.05, 4.69) is 36.4 Å². The Kier molecular flexibility index (Phi) is 4.89. The van der Waals surface area contributed by atoms with E-state index in [1.165, 1.54) is 16.0 Å². The summed E-state index contributed by atoms with van der Waals surface area (Å²) in [7, 11) is 0. The third kappa shape index (κ3) is 3.63. The van der Waals surface area contributed by atoms with Crippen LogP contribution in [0.1, 0.15) is 23.5 Å². The van der Waals surface area contributed by atoms with Gasteiger partial charge in [0.25, 0.3) is 0 Å². The predicted molar refractivity (Wildman–Crippen MR) is 90.3 cm³/mol. The molecule has 0 aliphatic carbocycles. The quantitative estimate of drug-likeness (QED) is 0.857. The van der Waals surface area contributed by atoms with E-state index in [1.807, 2.05) is 23.9 Å². The van der Waals surface area contributed by atoms with Crippen LogP contribution in [0.4, 0.5) is 0 Å². The minimum Gasteiger partial charge on any atom is -0.396 e. The number of aliphatic hydroxyl groups excluding tert-OH is 1. The van der Waals surface area contributed by atoms with Crippen molar-refractivity contribution in [1.29, 1.82) is 0 Å². The maximum Gasteiger partial charge on any atom is 0.0462 e. The van der Waals surface area contributed by atoms with Gasteiger partial charge in [-0.05, 0) is 54.0 Å². The molecule has 0 spiro atoms.